The van der Waals surface area contributed by atoms with E-state index >= 15 is 0 Å². The molecule has 2 aromatic carbocycles. The van der Waals surface area contributed by atoms with Crippen molar-refractivity contribution >= 4 is 27.0 Å². The predicted molar refractivity (Wildman–Crippen MR) is 126 cm³/mol. The number of esters is 1. The van der Waals surface area contributed by atoms with Crippen LogP contribution in [0.25, 0.3) is 11.0 Å². The number of hydrogen-bond donors (Lipinski definition) is 1. The van der Waals surface area contributed by atoms with Gasteiger partial charge >= 0.3 is 5.97 Å². The van der Waals surface area contributed by atoms with Gasteiger partial charge in [0.25, 0.3) is 0 Å². The van der Waals surface area contributed by atoms with Crippen molar-refractivity contribution in [1.82, 2.24) is 14.3 Å². The molecule has 0 aliphatic carbocycles. The van der Waals surface area contributed by atoms with Crippen LogP contribution in [0.15, 0.2) is 53.7 Å². The van der Waals surface area contributed by atoms with Crippen LogP contribution in [0.2, 0.25) is 0 Å². The third kappa shape index (κ3) is 5.72. The van der Waals surface area contributed by atoms with Crippen molar-refractivity contribution in [3.8, 4) is 5.75 Å². The number of nitrogens with zero attached hydrogens (tertiary/aromatic N) is 2. The van der Waals surface area contributed by atoms with Gasteiger partial charge in [0, 0.05) is 6.54 Å². The maximum atomic E-state index is 13.8. The van der Waals surface area contributed by atoms with E-state index in [1.807, 2.05) is 32.0 Å². The zero-order valence-electron chi connectivity index (χ0n) is 19.8. The lowest BCUT2D eigenvalue weighted by molar-refractivity contribution is -0.161. The van der Waals surface area contributed by atoms with Crippen molar-refractivity contribution in [2.75, 3.05) is 7.11 Å². The molecule has 3 rings (SSSR count). The highest BCUT2D eigenvalue weighted by Crippen LogP contribution is 2.28. The van der Waals surface area contributed by atoms with Gasteiger partial charge in [-0.05, 0) is 68.7 Å². The number of hydrogen-bond acceptors (Lipinski definition) is 6. The fourth-order valence-electron chi connectivity index (χ4n) is 3.56. The van der Waals surface area contributed by atoms with Gasteiger partial charge in [-0.2, -0.15) is 4.31 Å². The lowest BCUT2D eigenvalue weighted by atomic mass is 10.0. The average Bonchev–Trinajstić information content (AvgIpc) is 3.19. The highest BCUT2D eigenvalue weighted by atomic mass is 32.2. The average molecular weight is 474 g/mol. The van der Waals surface area contributed by atoms with Gasteiger partial charge in [0.2, 0.25) is 10.0 Å². The first-order valence-corrected chi connectivity index (χ1v) is 12.2. The zero-order valence-corrected chi connectivity index (χ0v) is 20.6. The second-order valence-electron chi connectivity index (χ2n) is 9.20. The van der Waals surface area contributed by atoms with E-state index in [0.29, 0.717) is 5.75 Å². The number of aromatic amines is 1. The fraction of sp³-hybridized carbons (Fsp3) is 0.417. The molecule has 0 saturated carbocycles. The minimum absolute atomic E-state index is 0.00852. The Morgan fingerprint density at radius 2 is 1.79 bits per heavy atom. The molecule has 0 fully saturated rings. The summed E-state index contributed by atoms with van der Waals surface area (Å²) in [6, 6.07) is 10.6. The van der Waals surface area contributed by atoms with Crippen molar-refractivity contribution < 1.29 is 22.7 Å². The molecular weight excluding hydrogens is 442 g/mol. The number of rotatable bonds is 8. The molecule has 1 N–H and O–H groups in total. The number of ether oxygens (including phenoxy) is 2. The van der Waals surface area contributed by atoms with E-state index in [2.05, 4.69) is 9.97 Å². The SMILES string of the molecule is COc1ccc(S(=O)(=O)N(Cc2ccc3nc[nH]c3c2)[C@@H](C(=O)OC(C)(C)C)C(C)C)cc1. The lowest BCUT2D eigenvalue weighted by Gasteiger charge is -2.34. The summed E-state index contributed by atoms with van der Waals surface area (Å²) in [7, 11) is -2.55. The molecule has 0 aliphatic rings. The maximum Gasteiger partial charge on any atom is 0.325 e. The van der Waals surface area contributed by atoms with Gasteiger partial charge in [0.05, 0.1) is 29.4 Å². The molecule has 0 spiro atoms. The number of carbonyl (C=O) groups excluding carboxylic acids is 1. The van der Waals surface area contributed by atoms with Crippen LogP contribution < -0.4 is 4.74 Å². The van der Waals surface area contributed by atoms with E-state index in [4.69, 9.17) is 9.47 Å². The van der Waals surface area contributed by atoms with Gasteiger partial charge in [-0.1, -0.05) is 19.9 Å². The van der Waals surface area contributed by atoms with E-state index in [1.165, 1.54) is 23.5 Å². The molecule has 1 heterocycles. The minimum atomic E-state index is -4.06. The molecule has 0 aliphatic heterocycles. The van der Waals surface area contributed by atoms with Crippen molar-refractivity contribution in [3.05, 3.63) is 54.4 Å². The van der Waals surface area contributed by atoms with Crippen molar-refractivity contribution in [2.24, 2.45) is 5.92 Å². The smallest absolute Gasteiger partial charge is 0.325 e. The van der Waals surface area contributed by atoms with Crippen molar-refractivity contribution in [3.63, 3.8) is 0 Å². The predicted octanol–water partition coefficient (Wildman–Crippen LogP) is 4.13. The van der Waals surface area contributed by atoms with Gasteiger partial charge in [-0.15, -0.1) is 0 Å². The van der Waals surface area contributed by atoms with Gasteiger partial charge < -0.3 is 14.5 Å². The standard InChI is InChI=1S/C24H31N3O5S/c1-16(2)22(23(28)32-24(3,4)5)27(14-17-7-12-20-21(13-17)26-15-25-20)33(29,30)19-10-8-18(31-6)9-11-19/h7-13,15-16,22H,14H2,1-6H3,(H,25,26)/t22-/m1/s1. The van der Waals surface area contributed by atoms with E-state index < -0.39 is 27.6 Å². The van der Waals surface area contributed by atoms with Gasteiger partial charge in [0.1, 0.15) is 17.4 Å². The minimum Gasteiger partial charge on any atom is -0.497 e. The number of aromatic nitrogens is 2. The zero-order chi connectivity index (χ0) is 24.4. The quantitative estimate of drug-likeness (QED) is 0.494. The molecule has 0 saturated heterocycles. The molecule has 1 aromatic heterocycles. The largest absolute Gasteiger partial charge is 0.497 e. The van der Waals surface area contributed by atoms with E-state index in [9.17, 15) is 13.2 Å². The van der Waals surface area contributed by atoms with Crippen LogP contribution >= 0.6 is 0 Å². The second-order valence-corrected chi connectivity index (χ2v) is 11.1. The molecule has 0 radical (unpaired) electrons. The molecule has 3 aromatic rings. The third-order valence-corrected chi connectivity index (χ3v) is 6.92. The molecule has 0 bridgehead atoms. The van der Waals surface area contributed by atoms with Crippen LogP contribution in [0.4, 0.5) is 0 Å². The summed E-state index contributed by atoms with van der Waals surface area (Å²) in [5.41, 5.74) is 1.52. The maximum absolute atomic E-state index is 13.8. The molecule has 0 amide bonds. The first-order chi connectivity index (χ1) is 15.4. The lowest BCUT2D eigenvalue weighted by Crippen LogP contribution is -2.49. The second kappa shape index (κ2) is 9.52. The fourth-order valence-corrected chi connectivity index (χ4v) is 5.26. The first kappa shape index (κ1) is 24.7. The Kier molecular flexibility index (Phi) is 7.14. The first-order valence-electron chi connectivity index (χ1n) is 10.7. The summed E-state index contributed by atoms with van der Waals surface area (Å²) in [4.78, 5) is 20.5. The van der Waals surface area contributed by atoms with Crippen LogP contribution in [-0.2, 0) is 26.1 Å². The number of nitrogens with one attached hydrogen (secondary N) is 1. The van der Waals surface area contributed by atoms with E-state index in [1.54, 1.807) is 39.2 Å². The molecule has 33 heavy (non-hydrogen) atoms. The van der Waals surface area contributed by atoms with Crippen LogP contribution in [0, 0.1) is 5.92 Å². The van der Waals surface area contributed by atoms with E-state index in [0.717, 1.165) is 16.6 Å². The Morgan fingerprint density at radius 3 is 2.36 bits per heavy atom. The number of H-pyrrole nitrogens is 1. The van der Waals surface area contributed by atoms with Gasteiger partial charge in [-0.25, -0.2) is 13.4 Å². The summed E-state index contributed by atoms with van der Waals surface area (Å²) in [5.74, 6) is -0.376. The summed E-state index contributed by atoms with van der Waals surface area (Å²) in [5, 5.41) is 0. The van der Waals surface area contributed by atoms with Crippen molar-refractivity contribution in [1.29, 1.82) is 0 Å². The molecule has 9 heteroatoms. The van der Waals surface area contributed by atoms with Crippen LogP contribution in [-0.4, -0.2) is 47.4 Å². The Hall–Kier alpha value is -2.91. The Balaban J connectivity index is 2.09. The number of fused-ring (bicyclic) bond motifs is 1. The highest BCUT2D eigenvalue weighted by molar-refractivity contribution is 7.89. The number of carbonyl (C=O) groups is 1. The summed E-state index contributed by atoms with van der Waals surface area (Å²) >= 11 is 0. The Bertz CT molecular complexity index is 1210. The Morgan fingerprint density at radius 1 is 1.12 bits per heavy atom. The molecule has 8 nitrogen and oxygen atoms in total. The molecule has 1 atom stereocenters. The number of methoxy groups -OCH3 is 1. The molecular formula is C24H31N3O5S. The third-order valence-electron chi connectivity index (χ3n) is 5.08. The molecule has 178 valence electrons. The Labute approximate surface area is 195 Å². The highest BCUT2D eigenvalue weighted by Gasteiger charge is 2.40. The monoisotopic (exact) mass is 473 g/mol. The summed E-state index contributed by atoms with van der Waals surface area (Å²) in [6.07, 6.45) is 1.58. The number of imidazole rings is 1. The van der Waals surface area contributed by atoms with E-state index in [-0.39, 0.29) is 17.4 Å². The summed E-state index contributed by atoms with van der Waals surface area (Å²) < 4.78 is 39.7. The normalized spacial score (nSPS) is 13.5. The number of benzene rings is 2. The van der Waals surface area contributed by atoms with Crippen LogP contribution in [0.1, 0.15) is 40.2 Å². The topological polar surface area (TPSA) is 102 Å². The van der Waals surface area contributed by atoms with Crippen LogP contribution in [0.3, 0.4) is 0 Å². The van der Waals surface area contributed by atoms with Crippen LogP contribution in [0.5, 0.6) is 5.75 Å². The number of sulfonamides is 1. The van der Waals surface area contributed by atoms with Crippen molar-refractivity contribution in [2.45, 2.75) is 57.7 Å². The molecule has 0 unspecified atom stereocenters. The van der Waals surface area contributed by atoms with Gasteiger partial charge in [0.15, 0.2) is 0 Å². The summed E-state index contributed by atoms with van der Waals surface area (Å²) in [6.45, 7) is 8.89. The van der Waals surface area contributed by atoms with Gasteiger partial charge in [-0.3, -0.25) is 4.79 Å².